The van der Waals surface area contributed by atoms with Crippen molar-refractivity contribution in [3.05, 3.63) is 40.3 Å². The predicted molar refractivity (Wildman–Crippen MR) is 102 cm³/mol. The molecule has 0 atom stereocenters. The van der Waals surface area contributed by atoms with Gasteiger partial charge in [-0.25, -0.2) is 4.98 Å². The Hall–Kier alpha value is -2.41. The quantitative estimate of drug-likeness (QED) is 0.738. The van der Waals surface area contributed by atoms with Gasteiger partial charge in [0.2, 0.25) is 5.91 Å². The maximum absolute atomic E-state index is 12.5. The smallest absolute Gasteiger partial charge is 0.223 e. The van der Waals surface area contributed by atoms with Crippen LogP contribution in [0.3, 0.4) is 0 Å². The summed E-state index contributed by atoms with van der Waals surface area (Å²) in [6.07, 6.45) is 4.17. The molecule has 1 amide bonds. The molecule has 0 N–H and O–H groups in total. The molecule has 2 aliphatic rings. The van der Waals surface area contributed by atoms with Crippen LogP contribution in [0.1, 0.15) is 47.0 Å². The standard InChI is InChI=1S/C20H22N2O4S/c23-16(15-1-3-17-18(13-15)26-11-10-25-17)2-4-19(24)22-8-5-14(6-9-22)20-21-7-12-27-20/h1,3,7,12-14H,2,4-6,8-11H2. The van der Waals surface area contributed by atoms with E-state index in [-0.39, 0.29) is 24.5 Å². The number of nitrogens with zero attached hydrogens (tertiary/aromatic N) is 2. The number of thiazole rings is 1. The molecule has 0 radical (unpaired) electrons. The van der Waals surface area contributed by atoms with E-state index in [2.05, 4.69) is 4.98 Å². The molecule has 1 aromatic heterocycles. The minimum atomic E-state index is -0.0435. The number of Topliss-reactive ketones (excluding diaryl/α,β-unsaturated/α-hetero) is 1. The second-order valence-corrected chi connectivity index (χ2v) is 7.73. The van der Waals surface area contributed by atoms with Gasteiger partial charge in [0.1, 0.15) is 13.2 Å². The van der Waals surface area contributed by atoms with Crippen LogP contribution in [0.2, 0.25) is 0 Å². The van der Waals surface area contributed by atoms with Crippen LogP contribution in [0, 0.1) is 0 Å². The fourth-order valence-electron chi connectivity index (χ4n) is 3.55. The highest BCUT2D eigenvalue weighted by molar-refractivity contribution is 7.09. The first-order chi connectivity index (χ1) is 13.2. The lowest BCUT2D eigenvalue weighted by Gasteiger charge is -2.31. The number of rotatable bonds is 5. The molecule has 0 unspecified atom stereocenters. The van der Waals surface area contributed by atoms with Crippen molar-refractivity contribution in [1.29, 1.82) is 0 Å². The van der Waals surface area contributed by atoms with Crippen LogP contribution in [0.5, 0.6) is 11.5 Å². The molecular weight excluding hydrogens is 364 g/mol. The lowest BCUT2D eigenvalue weighted by atomic mass is 9.97. The monoisotopic (exact) mass is 386 g/mol. The van der Waals surface area contributed by atoms with Gasteiger partial charge in [-0.05, 0) is 31.0 Å². The third-order valence-corrected chi connectivity index (χ3v) is 6.02. The molecule has 1 fully saturated rings. The van der Waals surface area contributed by atoms with Gasteiger partial charge in [-0.3, -0.25) is 9.59 Å². The number of carbonyl (C=O) groups is 2. The third-order valence-electron chi connectivity index (χ3n) is 5.08. The number of hydrogen-bond acceptors (Lipinski definition) is 6. The molecule has 142 valence electrons. The van der Waals surface area contributed by atoms with Gasteiger partial charge in [0.15, 0.2) is 17.3 Å². The van der Waals surface area contributed by atoms with Gasteiger partial charge < -0.3 is 14.4 Å². The van der Waals surface area contributed by atoms with E-state index >= 15 is 0 Å². The van der Waals surface area contributed by atoms with Crippen molar-refractivity contribution in [2.24, 2.45) is 0 Å². The van der Waals surface area contributed by atoms with Crippen LogP contribution in [0.25, 0.3) is 0 Å². The summed E-state index contributed by atoms with van der Waals surface area (Å²) in [6, 6.07) is 5.20. The van der Waals surface area contributed by atoms with Gasteiger partial charge in [-0.15, -0.1) is 11.3 Å². The average Bonchev–Trinajstić information content (AvgIpc) is 3.26. The Balaban J connectivity index is 1.27. The molecule has 27 heavy (non-hydrogen) atoms. The first kappa shape index (κ1) is 18.0. The molecule has 6 nitrogen and oxygen atoms in total. The van der Waals surface area contributed by atoms with E-state index in [1.165, 1.54) is 0 Å². The summed E-state index contributed by atoms with van der Waals surface area (Å²) in [5.74, 6) is 1.73. The number of ketones is 1. The van der Waals surface area contributed by atoms with Crippen LogP contribution >= 0.6 is 11.3 Å². The second kappa shape index (κ2) is 8.08. The molecular formula is C20H22N2O4S. The number of hydrogen-bond donors (Lipinski definition) is 0. The molecule has 1 saturated heterocycles. The number of aromatic nitrogens is 1. The maximum Gasteiger partial charge on any atom is 0.223 e. The molecule has 0 spiro atoms. The Morgan fingerprint density at radius 3 is 2.63 bits per heavy atom. The lowest BCUT2D eigenvalue weighted by molar-refractivity contribution is -0.132. The molecule has 4 rings (SSSR count). The topological polar surface area (TPSA) is 68.7 Å². The molecule has 1 aromatic carbocycles. The third kappa shape index (κ3) is 4.13. The zero-order valence-corrected chi connectivity index (χ0v) is 15.9. The average molecular weight is 386 g/mol. The number of ether oxygens (including phenoxy) is 2. The zero-order valence-electron chi connectivity index (χ0n) is 15.1. The molecule has 0 bridgehead atoms. The summed E-state index contributed by atoms with van der Waals surface area (Å²) in [4.78, 5) is 31.2. The Morgan fingerprint density at radius 2 is 1.89 bits per heavy atom. The number of piperidine rings is 1. The van der Waals surface area contributed by atoms with Crippen LogP contribution in [-0.4, -0.2) is 47.9 Å². The number of carbonyl (C=O) groups excluding carboxylic acids is 2. The first-order valence-electron chi connectivity index (χ1n) is 9.31. The highest BCUT2D eigenvalue weighted by atomic mass is 32.1. The van der Waals surface area contributed by atoms with Gasteiger partial charge in [-0.2, -0.15) is 0 Å². The number of amides is 1. The largest absolute Gasteiger partial charge is 0.486 e. The first-order valence-corrected chi connectivity index (χ1v) is 10.2. The van der Waals surface area contributed by atoms with E-state index in [1.54, 1.807) is 29.5 Å². The fraction of sp³-hybridized carbons (Fsp3) is 0.450. The predicted octanol–water partition coefficient (Wildman–Crippen LogP) is 3.28. The number of likely N-dealkylation sites (tertiary alicyclic amines) is 1. The molecule has 2 aromatic rings. The highest BCUT2D eigenvalue weighted by Gasteiger charge is 2.25. The highest BCUT2D eigenvalue weighted by Crippen LogP contribution is 2.32. The van der Waals surface area contributed by atoms with E-state index < -0.39 is 0 Å². The SMILES string of the molecule is O=C(CCC(=O)N1CCC(c2nccs2)CC1)c1ccc2c(c1)OCCO2. The van der Waals surface area contributed by atoms with Gasteiger partial charge >= 0.3 is 0 Å². The Kier molecular flexibility index (Phi) is 5.38. The van der Waals surface area contributed by atoms with Crippen LogP contribution in [0.4, 0.5) is 0 Å². The summed E-state index contributed by atoms with van der Waals surface area (Å²) in [5, 5.41) is 3.16. The van der Waals surface area contributed by atoms with E-state index in [9.17, 15) is 9.59 Å². The van der Waals surface area contributed by atoms with Crippen LogP contribution in [0.15, 0.2) is 29.8 Å². The minimum absolute atomic E-state index is 0.0435. The van der Waals surface area contributed by atoms with Crippen LogP contribution < -0.4 is 9.47 Å². The van der Waals surface area contributed by atoms with Gasteiger partial charge in [0.05, 0.1) is 5.01 Å². The van der Waals surface area contributed by atoms with E-state index in [0.29, 0.717) is 36.2 Å². The molecule has 2 aliphatic heterocycles. The van der Waals surface area contributed by atoms with E-state index in [4.69, 9.17) is 9.47 Å². The summed E-state index contributed by atoms with van der Waals surface area (Å²) in [7, 11) is 0. The molecule has 0 aliphatic carbocycles. The van der Waals surface area contributed by atoms with Crippen molar-refractivity contribution in [2.45, 2.75) is 31.6 Å². The van der Waals surface area contributed by atoms with Crippen molar-refractivity contribution >= 4 is 23.0 Å². The fourth-order valence-corrected chi connectivity index (χ4v) is 4.36. The molecule has 3 heterocycles. The Bertz CT molecular complexity index is 813. The van der Waals surface area contributed by atoms with E-state index in [0.717, 1.165) is 30.9 Å². The molecule has 0 saturated carbocycles. The number of fused-ring (bicyclic) bond motifs is 1. The maximum atomic E-state index is 12.5. The summed E-state index contributed by atoms with van der Waals surface area (Å²) < 4.78 is 11.0. The van der Waals surface area contributed by atoms with Gasteiger partial charge in [0.25, 0.3) is 0 Å². The van der Waals surface area contributed by atoms with Crippen molar-refractivity contribution < 1.29 is 19.1 Å². The minimum Gasteiger partial charge on any atom is -0.486 e. The number of benzene rings is 1. The van der Waals surface area contributed by atoms with Crippen molar-refractivity contribution in [3.63, 3.8) is 0 Å². The van der Waals surface area contributed by atoms with Crippen LogP contribution in [-0.2, 0) is 4.79 Å². The van der Waals surface area contributed by atoms with Gasteiger partial charge in [0, 0.05) is 49.0 Å². The van der Waals surface area contributed by atoms with Crippen molar-refractivity contribution in [2.75, 3.05) is 26.3 Å². The normalized spacial score (nSPS) is 17.0. The lowest BCUT2D eigenvalue weighted by Crippen LogP contribution is -2.38. The summed E-state index contributed by atoms with van der Waals surface area (Å²) >= 11 is 1.68. The van der Waals surface area contributed by atoms with Gasteiger partial charge in [-0.1, -0.05) is 0 Å². The Morgan fingerprint density at radius 1 is 1.11 bits per heavy atom. The van der Waals surface area contributed by atoms with Crippen molar-refractivity contribution in [1.82, 2.24) is 9.88 Å². The van der Waals surface area contributed by atoms with Crippen molar-refractivity contribution in [3.8, 4) is 11.5 Å². The Labute approximate surface area is 162 Å². The zero-order chi connectivity index (χ0) is 18.6. The summed E-state index contributed by atoms with van der Waals surface area (Å²) in [6.45, 7) is 2.48. The second-order valence-electron chi connectivity index (χ2n) is 6.81. The van der Waals surface area contributed by atoms with E-state index in [1.807, 2.05) is 16.5 Å². The molecule has 7 heteroatoms. The summed E-state index contributed by atoms with van der Waals surface area (Å²) in [5.41, 5.74) is 0.564.